The lowest BCUT2D eigenvalue weighted by molar-refractivity contribution is -0.301. The van der Waals surface area contributed by atoms with Gasteiger partial charge in [-0.25, -0.2) is 0 Å². The van der Waals surface area contributed by atoms with Crippen LogP contribution >= 0.6 is 0 Å². The minimum atomic E-state index is -1.72. The summed E-state index contributed by atoms with van der Waals surface area (Å²) in [7, 11) is 0. The molecule has 0 saturated heterocycles. The van der Waals surface area contributed by atoms with Crippen LogP contribution in [0.15, 0.2) is 78.4 Å². The number of benzene rings is 3. The van der Waals surface area contributed by atoms with Gasteiger partial charge in [0.1, 0.15) is 0 Å². The molecule has 5 heteroatoms. The van der Waals surface area contributed by atoms with Crippen molar-refractivity contribution < 1.29 is 24.6 Å². The Labute approximate surface area is 155 Å². The second-order valence-electron chi connectivity index (χ2n) is 5.92. The van der Waals surface area contributed by atoms with Crippen LogP contribution < -0.4 is 10.2 Å². The van der Waals surface area contributed by atoms with Crippen molar-refractivity contribution in [1.29, 1.82) is 0 Å². The number of hydrogen-bond acceptors (Lipinski definition) is 5. The Kier molecular flexibility index (Phi) is 5.13. The average molecular weight is 358 g/mol. The minimum absolute atomic E-state index is 0.174. The van der Waals surface area contributed by atoms with Gasteiger partial charge in [0.05, 0.1) is 11.9 Å². The number of aliphatic carboxylic acids is 2. The van der Waals surface area contributed by atoms with E-state index in [1.807, 2.05) is 0 Å². The van der Waals surface area contributed by atoms with Gasteiger partial charge in [-0.05, 0) is 21.9 Å². The molecule has 0 saturated carbocycles. The van der Waals surface area contributed by atoms with E-state index in [1.54, 1.807) is 54.6 Å². The first-order valence-electron chi connectivity index (χ1n) is 8.21. The van der Waals surface area contributed by atoms with Gasteiger partial charge in [0.2, 0.25) is 0 Å². The van der Waals surface area contributed by atoms with Crippen molar-refractivity contribution >= 4 is 34.1 Å². The van der Waals surface area contributed by atoms with Gasteiger partial charge in [-0.3, -0.25) is 4.79 Å². The zero-order valence-corrected chi connectivity index (χ0v) is 14.2. The fourth-order valence-electron chi connectivity index (χ4n) is 2.99. The summed E-state index contributed by atoms with van der Waals surface area (Å²) in [4.78, 5) is 36.0. The molecule has 0 bridgehead atoms. The van der Waals surface area contributed by atoms with Crippen LogP contribution in [0.5, 0.6) is 0 Å². The van der Waals surface area contributed by atoms with Gasteiger partial charge in [-0.15, -0.1) is 0 Å². The SMILES string of the molecule is O=C([O-])/C(CC(=O)c1ccccc1)=C(/C(=O)[O-])c1cccc2ccccc12. The molecule has 0 radical (unpaired) electrons. The first-order valence-corrected chi connectivity index (χ1v) is 8.21. The molecular weight excluding hydrogens is 344 g/mol. The van der Waals surface area contributed by atoms with Gasteiger partial charge in [0.15, 0.2) is 5.78 Å². The first-order chi connectivity index (χ1) is 13.0. The molecule has 27 heavy (non-hydrogen) atoms. The molecular formula is C22H14O5-2. The molecule has 3 rings (SSSR count). The summed E-state index contributed by atoms with van der Waals surface area (Å²) in [5.74, 6) is -3.91. The quantitative estimate of drug-likeness (QED) is 0.490. The summed E-state index contributed by atoms with van der Waals surface area (Å²) >= 11 is 0. The lowest BCUT2D eigenvalue weighted by atomic mass is 9.91. The fraction of sp³-hybridized carbons (Fsp3) is 0.0455. The highest BCUT2D eigenvalue weighted by Gasteiger charge is 2.18. The molecule has 0 aliphatic carbocycles. The molecule has 0 aliphatic heterocycles. The summed E-state index contributed by atoms with van der Waals surface area (Å²) in [6, 6.07) is 19.9. The number of fused-ring (bicyclic) bond motifs is 1. The van der Waals surface area contributed by atoms with Crippen molar-refractivity contribution in [2.24, 2.45) is 0 Å². The molecule has 0 fully saturated rings. The number of carbonyl (C=O) groups is 3. The van der Waals surface area contributed by atoms with Crippen LogP contribution in [-0.2, 0) is 9.59 Å². The van der Waals surface area contributed by atoms with Crippen molar-refractivity contribution in [3.05, 3.63) is 89.5 Å². The molecule has 5 nitrogen and oxygen atoms in total. The monoisotopic (exact) mass is 358 g/mol. The largest absolute Gasteiger partial charge is 0.545 e. The van der Waals surface area contributed by atoms with E-state index in [4.69, 9.17) is 0 Å². The van der Waals surface area contributed by atoms with Gasteiger partial charge >= 0.3 is 0 Å². The summed E-state index contributed by atoms with van der Waals surface area (Å²) in [6.45, 7) is 0. The molecule has 0 amide bonds. The Hall–Kier alpha value is -3.73. The van der Waals surface area contributed by atoms with Crippen LogP contribution in [-0.4, -0.2) is 17.7 Å². The van der Waals surface area contributed by atoms with Crippen molar-refractivity contribution in [2.45, 2.75) is 6.42 Å². The zero-order chi connectivity index (χ0) is 19.4. The molecule has 134 valence electrons. The maximum Gasteiger partial charge on any atom is 0.167 e. The Morgan fingerprint density at radius 2 is 1.33 bits per heavy atom. The van der Waals surface area contributed by atoms with Crippen LogP contribution in [0, 0.1) is 0 Å². The number of Topliss-reactive ketones (excluding diaryl/α,β-unsaturated/α-hetero) is 1. The van der Waals surface area contributed by atoms with E-state index in [0.29, 0.717) is 5.39 Å². The van der Waals surface area contributed by atoms with Gasteiger partial charge in [-0.2, -0.15) is 0 Å². The van der Waals surface area contributed by atoms with E-state index in [2.05, 4.69) is 0 Å². The second-order valence-corrected chi connectivity index (χ2v) is 5.92. The molecule has 3 aromatic rings. The van der Waals surface area contributed by atoms with Crippen molar-refractivity contribution in [1.82, 2.24) is 0 Å². The molecule has 0 atom stereocenters. The van der Waals surface area contributed by atoms with E-state index >= 15 is 0 Å². The third-order valence-electron chi connectivity index (χ3n) is 4.24. The molecule has 0 N–H and O–H groups in total. The second kappa shape index (κ2) is 7.66. The summed E-state index contributed by atoms with van der Waals surface area (Å²) in [5, 5.41) is 24.8. The third-order valence-corrected chi connectivity index (χ3v) is 4.24. The number of carboxylic acid groups (broad SMARTS) is 2. The predicted octanol–water partition coefficient (Wildman–Crippen LogP) is 1.37. The molecule has 0 heterocycles. The van der Waals surface area contributed by atoms with E-state index in [1.165, 1.54) is 18.2 Å². The Bertz CT molecular complexity index is 1060. The number of carbonyl (C=O) groups excluding carboxylic acids is 3. The molecule has 0 aliphatic rings. The molecule has 0 unspecified atom stereocenters. The van der Waals surface area contributed by atoms with Crippen molar-refractivity contribution in [2.75, 3.05) is 0 Å². The highest BCUT2D eigenvalue weighted by molar-refractivity contribution is 6.25. The van der Waals surface area contributed by atoms with Crippen LogP contribution in [0.3, 0.4) is 0 Å². The lowest BCUT2D eigenvalue weighted by Crippen LogP contribution is -2.32. The molecule has 0 aromatic heterocycles. The summed E-state index contributed by atoms with van der Waals surface area (Å²) < 4.78 is 0. The van der Waals surface area contributed by atoms with Crippen LogP contribution in [0.1, 0.15) is 22.3 Å². The number of hydrogen-bond donors (Lipinski definition) is 0. The van der Waals surface area contributed by atoms with Crippen LogP contribution in [0.25, 0.3) is 16.3 Å². The smallest absolute Gasteiger partial charge is 0.167 e. The highest BCUT2D eigenvalue weighted by atomic mass is 16.4. The van der Waals surface area contributed by atoms with Crippen LogP contribution in [0.4, 0.5) is 0 Å². The number of rotatable bonds is 6. The van der Waals surface area contributed by atoms with Crippen molar-refractivity contribution in [3.8, 4) is 0 Å². The zero-order valence-electron chi connectivity index (χ0n) is 14.2. The van der Waals surface area contributed by atoms with Crippen molar-refractivity contribution in [3.63, 3.8) is 0 Å². The average Bonchev–Trinajstić information content (AvgIpc) is 2.68. The molecule has 0 spiro atoms. The molecule has 3 aromatic carbocycles. The topological polar surface area (TPSA) is 97.3 Å². The normalized spacial score (nSPS) is 11.7. The van der Waals surface area contributed by atoms with Gasteiger partial charge in [0, 0.05) is 17.6 Å². The lowest BCUT2D eigenvalue weighted by Gasteiger charge is -2.19. The minimum Gasteiger partial charge on any atom is -0.545 e. The maximum atomic E-state index is 12.4. The Morgan fingerprint density at radius 1 is 0.704 bits per heavy atom. The van der Waals surface area contributed by atoms with Crippen LogP contribution in [0.2, 0.25) is 0 Å². The van der Waals surface area contributed by atoms with E-state index in [0.717, 1.165) is 5.39 Å². The van der Waals surface area contributed by atoms with Gasteiger partial charge in [-0.1, -0.05) is 72.8 Å². The van der Waals surface area contributed by atoms with E-state index in [9.17, 15) is 24.6 Å². The number of ketones is 1. The Morgan fingerprint density at radius 3 is 2.00 bits per heavy atom. The predicted molar refractivity (Wildman–Crippen MR) is 96.3 cm³/mol. The fourth-order valence-corrected chi connectivity index (χ4v) is 2.99. The summed E-state index contributed by atoms with van der Waals surface area (Å²) in [5.41, 5.74) is -0.698. The van der Waals surface area contributed by atoms with E-state index in [-0.39, 0.29) is 11.1 Å². The number of carboxylic acids is 2. The Balaban J connectivity index is 2.18. The maximum absolute atomic E-state index is 12.4. The summed E-state index contributed by atoms with van der Waals surface area (Å²) in [6.07, 6.45) is -0.612. The first kappa shape index (κ1) is 18.1. The van der Waals surface area contributed by atoms with Gasteiger partial charge < -0.3 is 19.8 Å². The third kappa shape index (κ3) is 3.77. The van der Waals surface area contributed by atoms with Gasteiger partial charge in [0.25, 0.3) is 0 Å². The highest BCUT2D eigenvalue weighted by Crippen LogP contribution is 2.28. The standard InChI is InChI=1S/C22H16O5/c23-19(15-8-2-1-3-9-15)13-18(21(24)25)20(22(26)27)17-12-6-10-14-7-4-5-11-16(14)17/h1-12H,13H2,(H,24,25)(H,26,27)/p-2/b20-18+. The van der Waals surface area contributed by atoms with E-state index < -0.39 is 35.3 Å².